The monoisotopic (exact) mass is 488 g/mol. The second-order valence-corrected chi connectivity index (χ2v) is 9.88. The number of carboxylic acids is 2. The summed E-state index contributed by atoms with van der Waals surface area (Å²) < 4.78 is 5.30. The summed E-state index contributed by atoms with van der Waals surface area (Å²) in [6.45, 7) is 8.17. The number of carbonyl (C=O) groups excluding carboxylic acids is 1. The van der Waals surface area contributed by atoms with Gasteiger partial charge in [0.15, 0.2) is 5.54 Å². The van der Waals surface area contributed by atoms with Crippen LogP contribution < -0.4 is 5.32 Å². The lowest BCUT2D eigenvalue weighted by atomic mass is 9.72. The number of aliphatic carboxylic acids is 2. The predicted octanol–water partition coefficient (Wildman–Crippen LogP) is 4.42. The third-order valence-corrected chi connectivity index (χ3v) is 6.57. The first-order valence-corrected chi connectivity index (χ1v) is 11.2. The number of amides is 1. The van der Waals surface area contributed by atoms with Crippen LogP contribution in [0, 0.1) is 5.92 Å². The van der Waals surface area contributed by atoms with E-state index in [1.807, 2.05) is 0 Å². The van der Waals surface area contributed by atoms with Gasteiger partial charge in [-0.1, -0.05) is 37.0 Å². The first-order chi connectivity index (χ1) is 14.7. The van der Waals surface area contributed by atoms with Crippen LogP contribution in [0.4, 0.5) is 4.79 Å². The summed E-state index contributed by atoms with van der Waals surface area (Å²) in [5, 5.41) is 23.9. The van der Waals surface area contributed by atoms with Gasteiger partial charge in [-0.15, -0.1) is 0 Å². The Labute approximate surface area is 197 Å². The molecule has 1 amide bonds. The summed E-state index contributed by atoms with van der Waals surface area (Å²) in [4.78, 5) is 39.4. The van der Waals surface area contributed by atoms with E-state index in [0.717, 1.165) is 0 Å². The Hall–Kier alpha value is -2.03. The highest BCUT2D eigenvalue weighted by Crippen LogP contribution is 2.47. The molecule has 32 heavy (non-hydrogen) atoms. The second kappa shape index (κ2) is 9.45. The van der Waals surface area contributed by atoms with Crippen molar-refractivity contribution >= 4 is 41.2 Å². The summed E-state index contributed by atoms with van der Waals surface area (Å²) in [5.74, 6) is -3.44. The van der Waals surface area contributed by atoms with Gasteiger partial charge in [0.05, 0.1) is 0 Å². The van der Waals surface area contributed by atoms with Crippen LogP contribution in [0.3, 0.4) is 0 Å². The summed E-state index contributed by atoms with van der Waals surface area (Å²) >= 11 is 12.4. The SMILES string of the molecule is CCC1[C@](CC)(C(=O)O)N(Cc2cc(Cl)ccc2Cl)C[C@@]1(NC(=O)OC(C)(C)C)C(=O)O. The fourth-order valence-electron chi connectivity index (χ4n) is 4.72. The number of hydrogen-bond acceptors (Lipinski definition) is 5. The molecule has 3 N–H and O–H groups in total. The predicted molar refractivity (Wildman–Crippen MR) is 121 cm³/mol. The van der Waals surface area contributed by atoms with Crippen molar-refractivity contribution in [3.63, 3.8) is 0 Å². The van der Waals surface area contributed by atoms with Gasteiger partial charge in [0.25, 0.3) is 0 Å². The number of hydrogen-bond donors (Lipinski definition) is 3. The van der Waals surface area contributed by atoms with Crippen molar-refractivity contribution in [1.29, 1.82) is 0 Å². The van der Waals surface area contributed by atoms with E-state index >= 15 is 0 Å². The van der Waals surface area contributed by atoms with E-state index in [9.17, 15) is 24.6 Å². The molecule has 0 spiro atoms. The van der Waals surface area contributed by atoms with Crippen molar-refractivity contribution in [2.45, 2.75) is 70.7 Å². The molecule has 1 fully saturated rings. The number of nitrogens with one attached hydrogen (secondary N) is 1. The second-order valence-electron chi connectivity index (χ2n) is 9.04. The maximum Gasteiger partial charge on any atom is 0.408 e. The number of nitrogens with zero attached hydrogens (tertiary/aromatic N) is 1. The Kier molecular flexibility index (Phi) is 7.75. The fourth-order valence-corrected chi connectivity index (χ4v) is 5.09. The minimum Gasteiger partial charge on any atom is -0.480 e. The number of likely N-dealkylation sites (tertiary alicyclic amines) is 1. The van der Waals surface area contributed by atoms with Crippen LogP contribution in [0.2, 0.25) is 10.0 Å². The molecule has 1 aromatic rings. The molecule has 178 valence electrons. The largest absolute Gasteiger partial charge is 0.480 e. The van der Waals surface area contributed by atoms with Crippen LogP contribution in [-0.2, 0) is 20.9 Å². The van der Waals surface area contributed by atoms with Crippen molar-refractivity contribution in [3.05, 3.63) is 33.8 Å². The van der Waals surface area contributed by atoms with Crippen LogP contribution >= 0.6 is 23.2 Å². The number of halogens is 2. The third-order valence-electron chi connectivity index (χ3n) is 5.97. The number of carboxylic acid groups (broad SMARTS) is 2. The van der Waals surface area contributed by atoms with Gasteiger partial charge in [0.2, 0.25) is 0 Å². The van der Waals surface area contributed by atoms with Crippen molar-refractivity contribution in [1.82, 2.24) is 10.2 Å². The van der Waals surface area contributed by atoms with Crippen LogP contribution in [0.1, 0.15) is 53.0 Å². The molecular weight excluding hydrogens is 459 g/mol. The minimum atomic E-state index is -1.88. The highest BCUT2D eigenvalue weighted by atomic mass is 35.5. The van der Waals surface area contributed by atoms with E-state index in [0.29, 0.717) is 15.6 Å². The zero-order chi connectivity index (χ0) is 24.5. The third kappa shape index (κ3) is 4.82. The van der Waals surface area contributed by atoms with Gasteiger partial charge in [-0.3, -0.25) is 9.69 Å². The molecule has 0 aromatic heterocycles. The maximum atomic E-state index is 12.7. The van der Waals surface area contributed by atoms with Gasteiger partial charge in [-0.25, -0.2) is 9.59 Å². The van der Waals surface area contributed by atoms with Crippen molar-refractivity contribution in [2.75, 3.05) is 6.54 Å². The molecule has 1 saturated heterocycles. The first-order valence-electron chi connectivity index (χ1n) is 10.4. The minimum absolute atomic E-state index is 0.0427. The van der Waals surface area contributed by atoms with E-state index in [4.69, 9.17) is 27.9 Å². The molecule has 1 aromatic carbocycles. The molecule has 0 aliphatic carbocycles. The average Bonchev–Trinajstić information content (AvgIpc) is 2.93. The van der Waals surface area contributed by atoms with Crippen molar-refractivity contribution in [3.8, 4) is 0 Å². The maximum absolute atomic E-state index is 12.7. The van der Waals surface area contributed by atoms with Crippen LogP contribution in [0.15, 0.2) is 18.2 Å². The topological polar surface area (TPSA) is 116 Å². The number of benzene rings is 1. The lowest BCUT2D eigenvalue weighted by molar-refractivity contribution is -0.154. The number of ether oxygens (including phenoxy) is 1. The molecule has 10 heteroatoms. The van der Waals surface area contributed by atoms with Gasteiger partial charge in [-0.05, 0) is 57.4 Å². The standard InChI is InChI=1S/C22H30Cl2N2O6/c1-6-16-21(17(27)28,25-19(31)32-20(3,4)5)12-26(22(16,7-2)18(29)30)11-13-10-14(23)8-9-15(13)24/h8-10,16H,6-7,11-12H2,1-5H3,(H,25,31)(H,27,28)(H,29,30)/t16?,21-,22+/m0/s1. The van der Waals surface area contributed by atoms with Crippen LogP contribution in [0.25, 0.3) is 0 Å². The molecule has 1 aliphatic heterocycles. The molecule has 1 heterocycles. The normalized spacial score (nSPS) is 26.0. The number of rotatable bonds is 7. The molecule has 0 saturated carbocycles. The summed E-state index contributed by atoms with van der Waals surface area (Å²) in [5.41, 5.74) is -3.73. The van der Waals surface area contributed by atoms with Crippen molar-refractivity contribution < 1.29 is 29.3 Å². The highest BCUT2D eigenvalue weighted by Gasteiger charge is 2.67. The Bertz CT molecular complexity index is 903. The van der Waals surface area contributed by atoms with Crippen LogP contribution in [0.5, 0.6) is 0 Å². The molecule has 1 aliphatic rings. The summed E-state index contributed by atoms with van der Waals surface area (Å²) in [6.07, 6.45) is -0.608. The van der Waals surface area contributed by atoms with E-state index < -0.39 is 40.6 Å². The van der Waals surface area contributed by atoms with E-state index in [1.165, 1.54) is 0 Å². The Morgan fingerprint density at radius 2 is 1.81 bits per heavy atom. The number of alkyl carbamates (subject to hydrolysis) is 1. The molecule has 3 atom stereocenters. The first kappa shape index (κ1) is 26.2. The summed E-state index contributed by atoms with van der Waals surface area (Å²) in [6, 6.07) is 4.83. The quantitative estimate of drug-likeness (QED) is 0.519. The molecule has 2 rings (SSSR count). The Morgan fingerprint density at radius 3 is 2.28 bits per heavy atom. The number of carbonyl (C=O) groups is 3. The van der Waals surface area contributed by atoms with Gasteiger partial charge >= 0.3 is 18.0 Å². The van der Waals surface area contributed by atoms with Gasteiger partial charge in [-0.2, -0.15) is 0 Å². The van der Waals surface area contributed by atoms with E-state index in [-0.39, 0.29) is 25.9 Å². The molecule has 0 bridgehead atoms. The highest BCUT2D eigenvalue weighted by molar-refractivity contribution is 6.33. The fraction of sp³-hybridized carbons (Fsp3) is 0.591. The van der Waals surface area contributed by atoms with E-state index in [2.05, 4.69) is 5.32 Å². The molecule has 0 radical (unpaired) electrons. The van der Waals surface area contributed by atoms with E-state index in [1.54, 1.807) is 57.7 Å². The smallest absolute Gasteiger partial charge is 0.408 e. The average molecular weight is 489 g/mol. The lowest BCUT2D eigenvalue weighted by Gasteiger charge is -2.39. The zero-order valence-corrected chi connectivity index (χ0v) is 20.4. The summed E-state index contributed by atoms with van der Waals surface area (Å²) in [7, 11) is 0. The molecular formula is C22H30Cl2N2O6. The van der Waals surface area contributed by atoms with Gasteiger partial charge in [0, 0.05) is 29.1 Å². The molecule has 1 unspecified atom stereocenters. The zero-order valence-electron chi connectivity index (χ0n) is 18.9. The molecule has 8 nitrogen and oxygen atoms in total. The van der Waals surface area contributed by atoms with Gasteiger partial charge in [0.1, 0.15) is 11.1 Å². The van der Waals surface area contributed by atoms with Gasteiger partial charge < -0.3 is 20.3 Å². The van der Waals surface area contributed by atoms with Crippen LogP contribution in [-0.4, -0.2) is 56.4 Å². The Balaban J connectivity index is 2.61. The lowest BCUT2D eigenvalue weighted by Crippen LogP contribution is -2.63. The Morgan fingerprint density at radius 1 is 1.19 bits per heavy atom. The van der Waals surface area contributed by atoms with Crippen molar-refractivity contribution in [2.24, 2.45) is 5.92 Å².